The van der Waals surface area contributed by atoms with Gasteiger partial charge in [0.1, 0.15) is 34.9 Å². The molecule has 4 rings (SSSR count). The number of anilines is 1. The molecule has 1 unspecified atom stereocenters. The number of esters is 1. The maximum atomic E-state index is 13.3. The molecule has 250 valence electrons. The van der Waals surface area contributed by atoms with Gasteiger partial charge in [-0.1, -0.05) is 39.3 Å². The lowest BCUT2D eigenvalue weighted by molar-refractivity contribution is -0.153. The number of amides is 1. The minimum absolute atomic E-state index is 0.0496. The number of ketones is 1. The molecular formula is C32H40F3N5O6. The number of para-hydroxylation sites is 1. The van der Waals surface area contributed by atoms with E-state index in [1.807, 2.05) is 0 Å². The molecule has 46 heavy (non-hydrogen) atoms. The number of rotatable bonds is 8. The topological polar surface area (TPSA) is 166 Å². The van der Waals surface area contributed by atoms with Gasteiger partial charge in [0, 0.05) is 18.0 Å². The summed E-state index contributed by atoms with van der Waals surface area (Å²) >= 11 is 0. The number of hydrogen-bond donors (Lipinski definition) is 4. The van der Waals surface area contributed by atoms with E-state index in [1.165, 1.54) is 16.7 Å². The number of alkyl halides is 3. The van der Waals surface area contributed by atoms with Crippen LogP contribution in [0.2, 0.25) is 0 Å². The molecule has 2 aromatic heterocycles. The molecule has 0 bridgehead atoms. The Hall–Kier alpha value is -4.46. The number of nitrogens with one attached hydrogen (secondary N) is 2. The van der Waals surface area contributed by atoms with Gasteiger partial charge in [0.2, 0.25) is 0 Å². The molecule has 5 N–H and O–H groups in total. The number of nitrogens with two attached hydrogens (primary N) is 1. The first-order chi connectivity index (χ1) is 21.3. The van der Waals surface area contributed by atoms with Crippen LogP contribution in [0.5, 0.6) is 5.75 Å². The normalized spacial score (nSPS) is 14.5. The molecule has 3 aromatic rings. The van der Waals surface area contributed by atoms with Crippen molar-refractivity contribution in [2.24, 2.45) is 11.1 Å². The number of benzene rings is 1. The highest BCUT2D eigenvalue weighted by molar-refractivity contribution is 6.05. The van der Waals surface area contributed by atoms with Crippen LogP contribution in [0.3, 0.4) is 0 Å². The molecule has 1 atom stereocenters. The van der Waals surface area contributed by atoms with Crippen molar-refractivity contribution in [3.63, 3.8) is 0 Å². The third-order valence-corrected chi connectivity index (χ3v) is 7.33. The summed E-state index contributed by atoms with van der Waals surface area (Å²) in [5, 5.41) is 16.4. The second-order valence-corrected chi connectivity index (χ2v) is 12.7. The zero-order valence-electron chi connectivity index (χ0n) is 26.7. The lowest BCUT2D eigenvalue weighted by Gasteiger charge is -2.29. The van der Waals surface area contributed by atoms with E-state index in [1.54, 1.807) is 32.9 Å². The summed E-state index contributed by atoms with van der Waals surface area (Å²) in [6.45, 7) is 10.8. The fraction of sp³-hybridized carbons (Fsp3) is 0.469. The second kappa shape index (κ2) is 13.9. The minimum atomic E-state index is -4.59. The molecule has 1 aliphatic rings. The quantitative estimate of drug-likeness (QED) is 0.254. The van der Waals surface area contributed by atoms with Crippen molar-refractivity contribution in [3.8, 4) is 5.75 Å². The monoisotopic (exact) mass is 647 g/mol. The van der Waals surface area contributed by atoms with Gasteiger partial charge < -0.3 is 30.8 Å². The smallest absolute Gasteiger partial charge is 0.433 e. The van der Waals surface area contributed by atoms with E-state index in [2.05, 4.69) is 36.4 Å². The predicted octanol–water partition coefficient (Wildman–Crippen LogP) is 4.70. The van der Waals surface area contributed by atoms with E-state index in [0.29, 0.717) is 23.2 Å². The zero-order chi connectivity index (χ0) is 34.6. The standard InChI is InChI=1S/C24H23F3N4O5.C8H17NO/c1-23(2,3)36-17(32)10-29-21(34)18-20(33)13-5-4-6-14-19(13)31(22(18)35)11-15(30-14)12-7-8-16(28-9-12)24(25,26)27;1-4-8(2,3)5-7(10)6-9/h4-9,15,30,33H,10-11H2,1-3H3,(H,29,34);4-6,9H2,1-3H3. The second-order valence-electron chi connectivity index (χ2n) is 12.7. The zero-order valence-corrected chi connectivity index (χ0v) is 26.7. The summed E-state index contributed by atoms with van der Waals surface area (Å²) in [5.41, 5.74) is 3.28. The Bertz CT molecular complexity index is 1660. The first-order valence-corrected chi connectivity index (χ1v) is 14.7. The molecule has 0 aliphatic carbocycles. The lowest BCUT2D eigenvalue weighted by atomic mass is 9.85. The van der Waals surface area contributed by atoms with E-state index in [4.69, 9.17) is 10.5 Å². The maximum Gasteiger partial charge on any atom is 0.433 e. The molecular weight excluding hydrogens is 607 g/mol. The first kappa shape index (κ1) is 36.0. The summed E-state index contributed by atoms with van der Waals surface area (Å²) in [6.07, 6.45) is -1.88. The molecule has 1 aromatic carbocycles. The van der Waals surface area contributed by atoms with Crippen LogP contribution in [0.1, 0.15) is 82.0 Å². The van der Waals surface area contributed by atoms with Crippen molar-refractivity contribution in [1.82, 2.24) is 14.9 Å². The van der Waals surface area contributed by atoms with Gasteiger partial charge in [0.15, 0.2) is 0 Å². The number of carbonyl (C=O) groups excluding carboxylic acids is 3. The van der Waals surface area contributed by atoms with Gasteiger partial charge in [-0.15, -0.1) is 0 Å². The molecule has 0 saturated heterocycles. The number of carbonyl (C=O) groups is 3. The van der Waals surface area contributed by atoms with E-state index in [0.717, 1.165) is 18.7 Å². The van der Waals surface area contributed by atoms with Crippen molar-refractivity contribution in [1.29, 1.82) is 0 Å². The van der Waals surface area contributed by atoms with Crippen LogP contribution in [0.4, 0.5) is 18.9 Å². The molecule has 0 saturated carbocycles. The average molecular weight is 648 g/mol. The van der Waals surface area contributed by atoms with Crippen LogP contribution in [0.25, 0.3) is 10.9 Å². The predicted molar refractivity (Wildman–Crippen MR) is 166 cm³/mol. The molecule has 0 fully saturated rings. The number of ether oxygens (including phenoxy) is 1. The summed E-state index contributed by atoms with van der Waals surface area (Å²) in [7, 11) is 0. The van der Waals surface area contributed by atoms with Crippen LogP contribution in [0.15, 0.2) is 41.3 Å². The SMILES string of the molecule is CC(C)(C)OC(=O)CNC(=O)c1c(O)c2cccc3c2n(c1=O)CC(c1ccc(C(F)(F)F)nc1)N3.CCC(C)(C)CC(=O)CN. The highest BCUT2D eigenvalue weighted by Gasteiger charge is 2.33. The van der Waals surface area contributed by atoms with E-state index < -0.39 is 58.8 Å². The third-order valence-electron chi connectivity index (χ3n) is 7.33. The van der Waals surface area contributed by atoms with Crippen molar-refractivity contribution in [3.05, 3.63) is 63.7 Å². The summed E-state index contributed by atoms with van der Waals surface area (Å²) in [4.78, 5) is 52.5. The Morgan fingerprint density at radius 3 is 2.35 bits per heavy atom. The number of halogens is 3. The van der Waals surface area contributed by atoms with Gasteiger partial charge in [0.05, 0.1) is 30.3 Å². The first-order valence-electron chi connectivity index (χ1n) is 14.7. The molecule has 3 heterocycles. The van der Waals surface area contributed by atoms with Crippen molar-refractivity contribution in [2.75, 3.05) is 18.4 Å². The number of Topliss-reactive ketones (excluding diaryl/α,β-unsaturated/α-hetero) is 1. The van der Waals surface area contributed by atoms with Crippen LogP contribution in [0, 0.1) is 5.41 Å². The molecule has 14 heteroatoms. The van der Waals surface area contributed by atoms with Crippen molar-refractivity contribution < 1.29 is 37.4 Å². The van der Waals surface area contributed by atoms with E-state index in [9.17, 15) is 37.5 Å². The van der Waals surface area contributed by atoms with Gasteiger partial charge >= 0.3 is 12.1 Å². The lowest BCUT2D eigenvalue weighted by Crippen LogP contribution is -2.39. The Labute approximate surface area is 264 Å². The Balaban J connectivity index is 0.000000498. The Morgan fingerprint density at radius 2 is 1.80 bits per heavy atom. The molecule has 0 radical (unpaired) electrons. The summed E-state index contributed by atoms with van der Waals surface area (Å²) < 4.78 is 45.1. The Kier molecular flexibility index (Phi) is 10.9. The summed E-state index contributed by atoms with van der Waals surface area (Å²) in [6, 6.07) is 6.23. The molecule has 11 nitrogen and oxygen atoms in total. The van der Waals surface area contributed by atoms with Gasteiger partial charge in [0.25, 0.3) is 11.5 Å². The minimum Gasteiger partial charge on any atom is -0.506 e. The van der Waals surface area contributed by atoms with Gasteiger partial charge in [-0.2, -0.15) is 13.2 Å². The number of aromatic nitrogens is 2. The van der Waals surface area contributed by atoms with Gasteiger partial charge in [-0.05, 0) is 49.9 Å². The largest absolute Gasteiger partial charge is 0.506 e. The Morgan fingerprint density at radius 1 is 1.13 bits per heavy atom. The number of hydrogen-bond acceptors (Lipinski definition) is 9. The maximum absolute atomic E-state index is 13.3. The molecule has 1 aliphatic heterocycles. The summed E-state index contributed by atoms with van der Waals surface area (Å²) in [5.74, 6) is -2.08. The van der Waals surface area contributed by atoms with Crippen molar-refractivity contribution >= 4 is 34.3 Å². The van der Waals surface area contributed by atoms with Gasteiger partial charge in [-0.3, -0.25) is 24.2 Å². The van der Waals surface area contributed by atoms with Crippen molar-refractivity contribution in [2.45, 2.75) is 78.7 Å². The molecule has 1 amide bonds. The van der Waals surface area contributed by atoms with Crippen LogP contribution in [-0.2, 0) is 27.0 Å². The number of aromatic hydroxyl groups is 1. The third kappa shape index (κ3) is 8.83. The van der Waals surface area contributed by atoms with E-state index >= 15 is 0 Å². The number of nitrogens with zero attached hydrogens (tertiary/aromatic N) is 2. The van der Waals surface area contributed by atoms with Crippen LogP contribution >= 0.6 is 0 Å². The van der Waals surface area contributed by atoms with E-state index in [-0.39, 0.29) is 29.7 Å². The highest BCUT2D eigenvalue weighted by Crippen LogP contribution is 2.37. The highest BCUT2D eigenvalue weighted by atomic mass is 19.4. The van der Waals surface area contributed by atoms with Gasteiger partial charge in [-0.25, -0.2) is 0 Å². The fourth-order valence-electron chi connectivity index (χ4n) is 4.73. The molecule has 0 spiro atoms. The average Bonchev–Trinajstić information content (AvgIpc) is 2.97. The van der Waals surface area contributed by atoms with Crippen LogP contribution < -0.4 is 21.9 Å². The van der Waals surface area contributed by atoms with Crippen LogP contribution in [-0.4, -0.2) is 51.0 Å². The number of pyridine rings is 2. The fourth-order valence-corrected chi connectivity index (χ4v) is 4.73.